The minimum Gasteiger partial charge on any atom is -0.454 e. The molecule has 1 unspecified atom stereocenters. The van der Waals surface area contributed by atoms with Crippen LogP contribution >= 0.6 is 0 Å². The molecule has 0 aliphatic carbocycles. The van der Waals surface area contributed by atoms with Crippen molar-refractivity contribution in [3.8, 4) is 11.5 Å². The maximum absolute atomic E-state index is 12.5. The Morgan fingerprint density at radius 3 is 2.70 bits per heavy atom. The predicted molar refractivity (Wildman–Crippen MR) is 104 cm³/mol. The van der Waals surface area contributed by atoms with Crippen LogP contribution in [0.15, 0.2) is 42.5 Å². The Kier molecular flexibility index (Phi) is 5.02. The van der Waals surface area contributed by atoms with Crippen LogP contribution in [0.3, 0.4) is 0 Å². The van der Waals surface area contributed by atoms with Crippen molar-refractivity contribution in [2.24, 2.45) is 0 Å². The summed E-state index contributed by atoms with van der Waals surface area (Å²) in [7, 11) is 0. The normalized spacial score (nSPS) is 16.7. The third-order valence-electron chi connectivity index (χ3n) is 4.64. The van der Waals surface area contributed by atoms with Gasteiger partial charge in [0, 0.05) is 36.2 Å². The molecule has 2 N–H and O–H groups in total. The van der Waals surface area contributed by atoms with Crippen LogP contribution in [0.2, 0.25) is 0 Å². The molecule has 7 heteroatoms. The van der Waals surface area contributed by atoms with E-state index in [1.54, 1.807) is 18.2 Å². The van der Waals surface area contributed by atoms with Crippen molar-refractivity contribution in [3.63, 3.8) is 0 Å². The molecule has 1 amide bonds. The van der Waals surface area contributed by atoms with Crippen LogP contribution in [0.4, 0.5) is 17.1 Å². The summed E-state index contributed by atoms with van der Waals surface area (Å²) in [4.78, 5) is 14.8. The molecule has 2 heterocycles. The number of fused-ring (bicyclic) bond motifs is 1. The van der Waals surface area contributed by atoms with Gasteiger partial charge in [0.25, 0.3) is 0 Å². The first-order valence-corrected chi connectivity index (χ1v) is 9.09. The van der Waals surface area contributed by atoms with Gasteiger partial charge in [-0.05, 0) is 37.3 Å². The maximum Gasteiger partial charge on any atom is 0.246 e. The fourth-order valence-electron chi connectivity index (χ4n) is 3.15. The van der Waals surface area contributed by atoms with E-state index in [0.717, 1.165) is 37.7 Å². The second-order valence-corrected chi connectivity index (χ2v) is 6.57. The summed E-state index contributed by atoms with van der Waals surface area (Å²) in [5.74, 6) is 1.22. The molecule has 0 aromatic heterocycles. The number of morpholine rings is 1. The van der Waals surface area contributed by atoms with E-state index in [-0.39, 0.29) is 12.7 Å². The second-order valence-electron chi connectivity index (χ2n) is 6.57. The van der Waals surface area contributed by atoms with Crippen molar-refractivity contribution in [2.45, 2.75) is 13.0 Å². The molecule has 7 nitrogen and oxygen atoms in total. The van der Waals surface area contributed by atoms with Gasteiger partial charge in [-0.3, -0.25) is 4.79 Å². The summed E-state index contributed by atoms with van der Waals surface area (Å²) in [5, 5.41) is 6.17. The molecule has 1 atom stereocenters. The molecule has 2 aromatic carbocycles. The average molecular weight is 369 g/mol. The molecule has 0 radical (unpaired) electrons. The molecule has 0 saturated carbocycles. The topological polar surface area (TPSA) is 72.1 Å². The number of hydrogen-bond donors (Lipinski definition) is 2. The summed E-state index contributed by atoms with van der Waals surface area (Å²) in [5.41, 5.74) is 2.72. The molecule has 1 fully saturated rings. The Bertz CT molecular complexity index is 821. The van der Waals surface area contributed by atoms with E-state index in [2.05, 4.69) is 27.7 Å². The fourth-order valence-corrected chi connectivity index (χ4v) is 3.15. The summed E-state index contributed by atoms with van der Waals surface area (Å²) in [6.45, 7) is 5.29. The van der Waals surface area contributed by atoms with Gasteiger partial charge in [-0.25, -0.2) is 0 Å². The van der Waals surface area contributed by atoms with Crippen molar-refractivity contribution in [1.29, 1.82) is 0 Å². The first-order valence-electron chi connectivity index (χ1n) is 9.09. The minimum atomic E-state index is -0.393. The highest BCUT2D eigenvalue weighted by Crippen LogP contribution is 2.34. The van der Waals surface area contributed by atoms with Crippen LogP contribution in [0.5, 0.6) is 11.5 Å². The van der Waals surface area contributed by atoms with Crippen molar-refractivity contribution in [3.05, 3.63) is 42.5 Å². The molecule has 2 aromatic rings. The molecule has 4 rings (SSSR count). The molecular formula is C20H23N3O4. The van der Waals surface area contributed by atoms with Crippen molar-refractivity contribution in [1.82, 2.24) is 0 Å². The Balaban J connectivity index is 1.38. The monoisotopic (exact) mass is 369 g/mol. The van der Waals surface area contributed by atoms with Gasteiger partial charge < -0.3 is 29.7 Å². The number of hydrogen-bond acceptors (Lipinski definition) is 6. The molecule has 0 spiro atoms. The van der Waals surface area contributed by atoms with Gasteiger partial charge in [0.2, 0.25) is 12.7 Å². The van der Waals surface area contributed by atoms with E-state index in [0.29, 0.717) is 17.2 Å². The number of carbonyl (C=O) groups excluding carboxylic acids is 1. The first-order chi connectivity index (χ1) is 13.2. The Hall–Kier alpha value is -2.93. The summed E-state index contributed by atoms with van der Waals surface area (Å²) in [6, 6.07) is 13.1. The van der Waals surface area contributed by atoms with Crippen molar-refractivity contribution < 1.29 is 19.0 Å². The van der Waals surface area contributed by atoms with Gasteiger partial charge in [0.05, 0.1) is 13.2 Å². The highest BCUT2D eigenvalue weighted by molar-refractivity contribution is 5.96. The highest BCUT2D eigenvalue weighted by Gasteiger charge is 2.17. The number of carbonyl (C=O) groups is 1. The smallest absolute Gasteiger partial charge is 0.246 e. The van der Waals surface area contributed by atoms with E-state index in [4.69, 9.17) is 14.2 Å². The molecule has 142 valence electrons. The van der Waals surface area contributed by atoms with Gasteiger partial charge in [-0.1, -0.05) is 6.07 Å². The van der Waals surface area contributed by atoms with Crippen LogP contribution in [-0.2, 0) is 9.53 Å². The average Bonchev–Trinajstić information content (AvgIpc) is 3.16. The number of ether oxygens (including phenoxy) is 3. The second kappa shape index (κ2) is 7.75. The first kappa shape index (κ1) is 17.5. The van der Waals surface area contributed by atoms with E-state index >= 15 is 0 Å². The number of nitrogens with one attached hydrogen (secondary N) is 2. The molecule has 2 aliphatic rings. The lowest BCUT2D eigenvalue weighted by molar-refractivity contribution is -0.116. The third-order valence-corrected chi connectivity index (χ3v) is 4.64. The number of anilines is 3. The molecule has 27 heavy (non-hydrogen) atoms. The van der Waals surface area contributed by atoms with Crippen LogP contribution < -0.4 is 25.0 Å². The van der Waals surface area contributed by atoms with Crippen molar-refractivity contribution >= 4 is 23.0 Å². The van der Waals surface area contributed by atoms with Gasteiger partial charge in [0.15, 0.2) is 11.5 Å². The lowest BCUT2D eigenvalue weighted by Gasteiger charge is -2.29. The number of benzene rings is 2. The summed E-state index contributed by atoms with van der Waals surface area (Å²) in [6.07, 6.45) is 0. The minimum absolute atomic E-state index is 0.120. The number of amides is 1. The van der Waals surface area contributed by atoms with Gasteiger partial charge in [0.1, 0.15) is 6.04 Å². The van der Waals surface area contributed by atoms with Crippen LogP contribution in [-0.4, -0.2) is 45.0 Å². The SMILES string of the molecule is CC(Nc1cccc(N2CCOCC2)c1)C(=O)Nc1ccc2c(c1)OCO2. The summed E-state index contributed by atoms with van der Waals surface area (Å²) < 4.78 is 16.0. The van der Waals surface area contributed by atoms with Gasteiger partial charge in [-0.2, -0.15) is 0 Å². The Morgan fingerprint density at radius 2 is 1.85 bits per heavy atom. The fraction of sp³-hybridized carbons (Fsp3) is 0.350. The van der Waals surface area contributed by atoms with Crippen LogP contribution in [0.1, 0.15) is 6.92 Å². The molecule has 2 aliphatic heterocycles. The van der Waals surface area contributed by atoms with E-state index in [1.807, 2.05) is 19.1 Å². The molecular weight excluding hydrogens is 346 g/mol. The standard InChI is InChI=1S/C20H23N3O4/c1-14(20(24)22-16-5-6-18-19(12-16)27-13-26-18)21-15-3-2-4-17(11-15)23-7-9-25-10-8-23/h2-6,11-12,14,21H,7-10,13H2,1H3,(H,22,24). The quantitative estimate of drug-likeness (QED) is 0.844. The largest absolute Gasteiger partial charge is 0.454 e. The van der Waals surface area contributed by atoms with E-state index < -0.39 is 6.04 Å². The predicted octanol–water partition coefficient (Wildman–Crippen LogP) is 2.69. The Labute approximate surface area is 158 Å². The van der Waals surface area contributed by atoms with E-state index in [1.165, 1.54) is 0 Å². The number of rotatable bonds is 5. The zero-order chi connectivity index (χ0) is 18.6. The maximum atomic E-state index is 12.5. The van der Waals surface area contributed by atoms with Crippen molar-refractivity contribution in [2.75, 3.05) is 48.6 Å². The third kappa shape index (κ3) is 4.09. The highest BCUT2D eigenvalue weighted by atomic mass is 16.7. The van der Waals surface area contributed by atoms with E-state index in [9.17, 15) is 4.79 Å². The zero-order valence-corrected chi connectivity index (χ0v) is 15.2. The van der Waals surface area contributed by atoms with Crippen LogP contribution in [0, 0.1) is 0 Å². The lowest BCUT2D eigenvalue weighted by atomic mass is 10.2. The lowest BCUT2D eigenvalue weighted by Crippen LogP contribution is -2.36. The molecule has 1 saturated heterocycles. The van der Waals surface area contributed by atoms with Gasteiger partial charge in [-0.15, -0.1) is 0 Å². The molecule has 0 bridgehead atoms. The number of nitrogens with zero attached hydrogens (tertiary/aromatic N) is 1. The Morgan fingerprint density at radius 1 is 1.04 bits per heavy atom. The zero-order valence-electron chi connectivity index (χ0n) is 15.2. The summed E-state index contributed by atoms with van der Waals surface area (Å²) >= 11 is 0. The van der Waals surface area contributed by atoms with Gasteiger partial charge >= 0.3 is 0 Å². The van der Waals surface area contributed by atoms with Crippen LogP contribution in [0.25, 0.3) is 0 Å².